The van der Waals surface area contributed by atoms with Gasteiger partial charge in [-0.3, -0.25) is 4.79 Å². The number of carbonyl (C=O) groups is 1. The summed E-state index contributed by atoms with van der Waals surface area (Å²) >= 11 is 3.33. The fourth-order valence-corrected chi connectivity index (χ4v) is 4.73. The van der Waals surface area contributed by atoms with Crippen LogP contribution < -0.4 is 0 Å². The van der Waals surface area contributed by atoms with Crippen LogP contribution in [0.1, 0.15) is 48.9 Å². The molecule has 0 aliphatic rings. The molecule has 1 unspecified atom stereocenters. The monoisotopic (exact) mass is 524 g/mol. The van der Waals surface area contributed by atoms with Crippen molar-refractivity contribution in [3.05, 3.63) is 95.1 Å². The van der Waals surface area contributed by atoms with Crippen LogP contribution in [0.25, 0.3) is 0 Å². The Labute approximate surface area is 223 Å². The minimum absolute atomic E-state index is 0.0127. The topological polar surface area (TPSA) is 66.8 Å². The van der Waals surface area contributed by atoms with Crippen molar-refractivity contribution in [3.63, 3.8) is 0 Å². The van der Waals surface area contributed by atoms with E-state index in [2.05, 4.69) is 0 Å². The Bertz CT molecular complexity index is 1060. The van der Waals surface area contributed by atoms with Crippen molar-refractivity contribution in [2.24, 2.45) is 5.41 Å². The number of aliphatic hydroxyl groups excluding tert-OH is 1. The van der Waals surface area contributed by atoms with Gasteiger partial charge in [0.1, 0.15) is 5.60 Å². The zero-order valence-corrected chi connectivity index (χ0v) is 23.1. The molecule has 1 atom stereocenters. The molecule has 0 aromatic heterocycles. The molecular weight excluding hydrogens is 488 g/mol. The van der Waals surface area contributed by atoms with Crippen molar-refractivity contribution < 1.29 is 19.7 Å². The van der Waals surface area contributed by atoms with Crippen LogP contribution in [-0.4, -0.2) is 41.9 Å². The second kappa shape index (κ2) is 12.8. The Morgan fingerprint density at radius 3 is 1.67 bits per heavy atom. The molecule has 0 aliphatic heterocycles. The smallest absolute Gasteiger partial charge is 0.306 e. The molecule has 3 aromatic carbocycles. The van der Waals surface area contributed by atoms with E-state index < -0.39 is 11.0 Å². The van der Waals surface area contributed by atoms with Crippen LogP contribution in [0.4, 0.5) is 0 Å². The molecule has 0 radical (unpaired) electrons. The summed E-state index contributed by atoms with van der Waals surface area (Å²) in [5.74, 6) is -0.272. The number of rotatable bonds is 12. The Hall–Kier alpha value is -2.25. The first kappa shape index (κ1) is 28.3. The van der Waals surface area contributed by atoms with Gasteiger partial charge in [0.25, 0.3) is 0 Å². The number of aliphatic hydroxyl groups is 2. The molecule has 0 bridgehead atoms. The molecular formula is C30H36O4S2. The number of carbonyl (C=O) groups excluding carboxylic acids is 1. The van der Waals surface area contributed by atoms with E-state index >= 15 is 0 Å². The van der Waals surface area contributed by atoms with Gasteiger partial charge in [0.15, 0.2) is 0 Å². The van der Waals surface area contributed by atoms with E-state index in [0.29, 0.717) is 6.42 Å². The molecule has 0 saturated carbocycles. The lowest BCUT2D eigenvalue weighted by Gasteiger charge is -2.30. The third kappa shape index (κ3) is 6.74. The Morgan fingerprint density at radius 1 is 0.833 bits per heavy atom. The number of thioether (sulfide) groups is 2. The molecule has 2 N–H and O–H groups in total. The van der Waals surface area contributed by atoms with Crippen LogP contribution in [0.2, 0.25) is 0 Å². The molecule has 0 amide bonds. The minimum Gasteiger partial charge on any atom is -0.465 e. The third-order valence-electron chi connectivity index (χ3n) is 6.82. The van der Waals surface area contributed by atoms with Crippen LogP contribution in [0.15, 0.2) is 82.6 Å². The number of ether oxygens (including phenoxy) is 1. The van der Waals surface area contributed by atoms with Crippen LogP contribution in [0.3, 0.4) is 0 Å². The van der Waals surface area contributed by atoms with E-state index in [1.165, 1.54) is 0 Å². The molecule has 0 heterocycles. The standard InChI is InChI=1S/C30H36O4S2/c1-5-29(2,20-31)21-34-28(32)19-8-22-6-9-23(10-7-22)30(33,24-11-15-26(35-3)16-12-24)25-13-17-27(36-4)18-14-25/h6-7,9-18,31,33H,5,8,19-21H2,1-4H3. The second-order valence-electron chi connectivity index (χ2n) is 9.35. The predicted molar refractivity (Wildman–Crippen MR) is 150 cm³/mol. The van der Waals surface area contributed by atoms with Crippen LogP contribution in [-0.2, 0) is 21.6 Å². The van der Waals surface area contributed by atoms with E-state index in [9.17, 15) is 15.0 Å². The summed E-state index contributed by atoms with van der Waals surface area (Å²) in [7, 11) is 0. The minimum atomic E-state index is -1.31. The van der Waals surface area contributed by atoms with Gasteiger partial charge in [0.05, 0.1) is 13.2 Å². The van der Waals surface area contributed by atoms with E-state index in [0.717, 1.165) is 38.5 Å². The highest BCUT2D eigenvalue weighted by molar-refractivity contribution is 7.98. The zero-order chi connectivity index (χ0) is 26.2. The number of esters is 1. The quantitative estimate of drug-likeness (QED) is 0.165. The van der Waals surface area contributed by atoms with Gasteiger partial charge in [-0.05, 0) is 71.9 Å². The summed E-state index contributed by atoms with van der Waals surface area (Å²) in [6.45, 7) is 4.08. The zero-order valence-electron chi connectivity index (χ0n) is 21.5. The van der Waals surface area contributed by atoms with Crippen LogP contribution >= 0.6 is 23.5 Å². The van der Waals surface area contributed by atoms with Gasteiger partial charge in [-0.25, -0.2) is 0 Å². The lowest BCUT2D eigenvalue weighted by Crippen LogP contribution is -2.29. The normalized spacial score (nSPS) is 13.3. The van der Waals surface area contributed by atoms with Crippen molar-refractivity contribution in [3.8, 4) is 0 Å². The first-order valence-electron chi connectivity index (χ1n) is 12.2. The maximum atomic E-state index is 12.2. The average molecular weight is 525 g/mol. The Kier molecular flexibility index (Phi) is 10.1. The summed E-state index contributed by atoms with van der Waals surface area (Å²) in [5, 5.41) is 21.6. The SMILES string of the molecule is CCC(C)(CO)COC(=O)CCc1ccc(C(O)(c2ccc(SC)cc2)c2ccc(SC)cc2)cc1. The highest BCUT2D eigenvalue weighted by Gasteiger charge is 2.34. The number of hydrogen-bond donors (Lipinski definition) is 2. The average Bonchev–Trinajstić information content (AvgIpc) is 2.94. The second-order valence-corrected chi connectivity index (χ2v) is 11.1. The number of aryl methyl sites for hydroxylation is 1. The molecule has 0 fully saturated rings. The summed E-state index contributed by atoms with van der Waals surface area (Å²) in [6, 6.07) is 23.8. The maximum Gasteiger partial charge on any atom is 0.306 e. The summed E-state index contributed by atoms with van der Waals surface area (Å²) in [5.41, 5.74) is 1.66. The van der Waals surface area contributed by atoms with E-state index in [1.54, 1.807) is 23.5 Å². The Balaban J connectivity index is 1.80. The molecule has 4 nitrogen and oxygen atoms in total. The van der Waals surface area contributed by atoms with Gasteiger partial charge in [-0.15, -0.1) is 23.5 Å². The van der Waals surface area contributed by atoms with Gasteiger partial charge in [-0.2, -0.15) is 0 Å². The lowest BCUT2D eigenvalue weighted by atomic mass is 9.80. The van der Waals surface area contributed by atoms with Crippen molar-refractivity contribution in [2.45, 2.75) is 48.5 Å². The first-order valence-corrected chi connectivity index (χ1v) is 14.6. The van der Waals surface area contributed by atoms with E-state index in [4.69, 9.17) is 4.74 Å². The Morgan fingerprint density at radius 2 is 1.28 bits per heavy atom. The lowest BCUT2D eigenvalue weighted by molar-refractivity contribution is -0.147. The van der Waals surface area contributed by atoms with Gasteiger partial charge < -0.3 is 14.9 Å². The van der Waals surface area contributed by atoms with Crippen molar-refractivity contribution >= 4 is 29.5 Å². The summed E-state index contributed by atoms with van der Waals surface area (Å²) < 4.78 is 5.40. The van der Waals surface area contributed by atoms with Crippen molar-refractivity contribution in [2.75, 3.05) is 25.7 Å². The van der Waals surface area contributed by atoms with E-state index in [-0.39, 0.29) is 25.6 Å². The summed E-state index contributed by atoms with van der Waals surface area (Å²) in [6.07, 6.45) is 5.62. The fraction of sp³-hybridized carbons (Fsp3) is 0.367. The molecule has 3 rings (SSSR count). The number of benzene rings is 3. The molecule has 3 aromatic rings. The van der Waals surface area contributed by atoms with Crippen LogP contribution in [0.5, 0.6) is 0 Å². The molecule has 0 saturated heterocycles. The maximum absolute atomic E-state index is 12.2. The predicted octanol–water partition coefficient (Wildman–Crippen LogP) is 6.30. The molecule has 0 spiro atoms. The van der Waals surface area contributed by atoms with Gasteiger partial charge in [0.2, 0.25) is 0 Å². The van der Waals surface area contributed by atoms with Crippen molar-refractivity contribution in [1.82, 2.24) is 0 Å². The van der Waals surface area contributed by atoms with Crippen molar-refractivity contribution in [1.29, 1.82) is 0 Å². The third-order valence-corrected chi connectivity index (χ3v) is 8.31. The molecule has 0 aliphatic carbocycles. The van der Waals surface area contributed by atoms with Gasteiger partial charge in [0, 0.05) is 21.6 Å². The molecule has 6 heteroatoms. The van der Waals surface area contributed by atoms with E-state index in [1.807, 2.05) is 99.2 Å². The largest absolute Gasteiger partial charge is 0.465 e. The highest BCUT2D eigenvalue weighted by atomic mass is 32.2. The first-order chi connectivity index (χ1) is 17.3. The fourth-order valence-electron chi connectivity index (χ4n) is 3.91. The highest BCUT2D eigenvalue weighted by Crippen LogP contribution is 2.38. The molecule has 192 valence electrons. The van der Waals surface area contributed by atoms with Gasteiger partial charge in [-0.1, -0.05) is 62.4 Å². The van der Waals surface area contributed by atoms with Gasteiger partial charge >= 0.3 is 5.97 Å². The molecule has 36 heavy (non-hydrogen) atoms. The summed E-state index contributed by atoms with van der Waals surface area (Å²) in [4.78, 5) is 14.5. The van der Waals surface area contributed by atoms with Crippen LogP contribution in [0, 0.1) is 5.41 Å². The number of hydrogen-bond acceptors (Lipinski definition) is 6.